The van der Waals surface area contributed by atoms with Crippen LogP contribution in [0.25, 0.3) is 10.2 Å². The summed E-state index contributed by atoms with van der Waals surface area (Å²) in [5.41, 5.74) is 9.65. The maximum Gasteiger partial charge on any atom is 0.212 e. The number of fused-ring (bicyclic) bond motifs is 1. The summed E-state index contributed by atoms with van der Waals surface area (Å²) in [6.45, 7) is 1.08. The van der Waals surface area contributed by atoms with Crippen LogP contribution in [-0.4, -0.2) is 10.8 Å². The molecule has 0 aliphatic carbocycles. The van der Waals surface area contributed by atoms with E-state index in [9.17, 15) is 4.79 Å². The lowest BCUT2D eigenvalue weighted by Crippen LogP contribution is -2.28. The van der Waals surface area contributed by atoms with E-state index in [1.807, 2.05) is 78.9 Å². The van der Waals surface area contributed by atoms with E-state index in [1.54, 1.807) is 0 Å². The highest BCUT2D eigenvalue weighted by molar-refractivity contribution is 7.20. The van der Waals surface area contributed by atoms with Crippen LogP contribution in [0.4, 0.5) is 0 Å². The Morgan fingerprint density at radius 3 is 2.36 bits per heavy atom. The topological polar surface area (TPSA) is 68.0 Å². The summed E-state index contributed by atoms with van der Waals surface area (Å²) in [5.74, 6) is -0.0161. The fourth-order valence-electron chi connectivity index (χ4n) is 3.12. The summed E-state index contributed by atoms with van der Waals surface area (Å²) < 4.78 is 1.02. The minimum atomic E-state index is -0.465. The average Bonchev–Trinajstić information content (AvgIpc) is 3.19. The van der Waals surface area contributed by atoms with Gasteiger partial charge >= 0.3 is 0 Å². The number of ketones is 1. The Balaban J connectivity index is 1.65. The van der Waals surface area contributed by atoms with Gasteiger partial charge in [0.1, 0.15) is 0 Å². The van der Waals surface area contributed by atoms with Crippen molar-refractivity contribution < 1.29 is 4.79 Å². The van der Waals surface area contributed by atoms with Crippen LogP contribution in [0, 0.1) is 0 Å². The molecular formula is C23H21N3OS. The van der Waals surface area contributed by atoms with Crippen molar-refractivity contribution in [1.82, 2.24) is 10.3 Å². The number of hydrogen-bond acceptors (Lipinski definition) is 5. The van der Waals surface area contributed by atoms with Gasteiger partial charge in [-0.15, -0.1) is 11.3 Å². The molecule has 4 rings (SSSR count). The van der Waals surface area contributed by atoms with Gasteiger partial charge in [0.05, 0.1) is 16.3 Å². The third-order valence-corrected chi connectivity index (χ3v) is 5.72. The number of Topliss-reactive ketones (excluding diaryl/α,β-unsaturated/α-hetero) is 1. The molecule has 1 aromatic heterocycles. The van der Waals surface area contributed by atoms with Crippen molar-refractivity contribution in [2.24, 2.45) is 5.73 Å². The van der Waals surface area contributed by atoms with E-state index >= 15 is 0 Å². The number of nitrogens with one attached hydrogen (secondary N) is 1. The first-order valence-electron chi connectivity index (χ1n) is 9.20. The van der Waals surface area contributed by atoms with Crippen molar-refractivity contribution in [2.75, 3.05) is 0 Å². The Morgan fingerprint density at radius 2 is 1.64 bits per heavy atom. The van der Waals surface area contributed by atoms with Gasteiger partial charge in [0, 0.05) is 13.1 Å². The van der Waals surface area contributed by atoms with E-state index in [0.29, 0.717) is 18.1 Å². The van der Waals surface area contributed by atoms with Crippen molar-refractivity contribution in [3.05, 3.63) is 101 Å². The van der Waals surface area contributed by atoms with Crippen LogP contribution in [0.1, 0.15) is 32.5 Å². The minimum absolute atomic E-state index is 0.0161. The molecule has 140 valence electrons. The monoisotopic (exact) mass is 387 g/mol. The second-order valence-electron chi connectivity index (χ2n) is 6.60. The molecule has 4 aromatic rings. The zero-order valence-electron chi connectivity index (χ0n) is 15.3. The van der Waals surface area contributed by atoms with Gasteiger partial charge in [-0.25, -0.2) is 4.98 Å². The number of carbonyl (C=O) groups excluding carboxylic acids is 1. The lowest BCUT2D eigenvalue weighted by Gasteiger charge is -2.17. The summed E-state index contributed by atoms with van der Waals surface area (Å²) in [5, 5.41) is 3.94. The predicted molar refractivity (Wildman–Crippen MR) is 114 cm³/mol. The lowest BCUT2D eigenvalue weighted by atomic mass is 10.0. The van der Waals surface area contributed by atoms with Crippen LogP contribution in [0.2, 0.25) is 0 Å². The number of hydrogen-bond donors (Lipinski definition) is 2. The largest absolute Gasteiger partial charge is 0.326 e. The Kier molecular flexibility index (Phi) is 5.58. The first kappa shape index (κ1) is 18.5. The number of rotatable bonds is 7. The van der Waals surface area contributed by atoms with Gasteiger partial charge in [0.2, 0.25) is 5.78 Å². The van der Waals surface area contributed by atoms with Crippen molar-refractivity contribution in [1.29, 1.82) is 0 Å². The summed E-state index contributed by atoms with van der Waals surface area (Å²) >= 11 is 1.44. The minimum Gasteiger partial charge on any atom is -0.326 e. The predicted octanol–water partition coefficient (Wildman–Crippen LogP) is 4.47. The molecule has 0 aliphatic heterocycles. The van der Waals surface area contributed by atoms with E-state index in [4.69, 9.17) is 5.73 Å². The molecular weight excluding hydrogens is 366 g/mol. The fraction of sp³-hybridized carbons (Fsp3) is 0.130. The SMILES string of the molecule is NCc1ccc(C(NCc2ccccc2)C(=O)c2nc3ccccc3s2)cc1. The van der Waals surface area contributed by atoms with Gasteiger partial charge in [0.25, 0.3) is 0 Å². The fourth-order valence-corrected chi connectivity index (χ4v) is 4.06. The second kappa shape index (κ2) is 8.44. The number of carbonyl (C=O) groups is 1. The summed E-state index contributed by atoms with van der Waals surface area (Å²) in [4.78, 5) is 17.9. The van der Waals surface area contributed by atoms with Crippen LogP contribution < -0.4 is 11.1 Å². The van der Waals surface area contributed by atoms with Gasteiger partial charge in [0.15, 0.2) is 5.01 Å². The van der Waals surface area contributed by atoms with Crippen molar-refractivity contribution >= 4 is 27.3 Å². The molecule has 1 heterocycles. The van der Waals surface area contributed by atoms with Gasteiger partial charge in [-0.2, -0.15) is 0 Å². The molecule has 5 heteroatoms. The van der Waals surface area contributed by atoms with Crippen molar-refractivity contribution in [3.8, 4) is 0 Å². The molecule has 1 unspecified atom stereocenters. The molecule has 0 bridgehead atoms. The zero-order chi connectivity index (χ0) is 19.3. The lowest BCUT2D eigenvalue weighted by molar-refractivity contribution is 0.0942. The molecule has 28 heavy (non-hydrogen) atoms. The molecule has 0 fully saturated rings. The van der Waals surface area contributed by atoms with Crippen molar-refractivity contribution in [3.63, 3.8) is 0 Å². The van der Waals surface area contributed by atoms with E-state index in [2.05, 4.69) is 10.3 Å². The van der Waals surface area contributed by atoms with Crippen LogP contribution in [0.5, 0.6) is 0 Å². The average molecular weight is 388 g/mol. The summed E-state index contributed by atoms with van der Waals surface area (Å²) in [6.07, 6.45) is 0. The molecule has 0 saturated carbocycles. The smallest absolute Gasteiger partial charge is 0.212 e. The molecule has 0 spiro atoms. The molecule has 0 amide bonds. The number of para-hydroxylation sites is 1. The molecule has 0 aliphatic rings. The van der Waals surface area contributed by atoms with E-state index in [0.717, 1.165) is 26.9 Å². The normalized spacial score (nSPS) is 12.2. The zero-order valence-corrected chi connectivity index (χ0v) is 16.2. The molecule has 3 aromatic carbocycles. The Hall–Kier alpha value is -2.86. The summed E-state index contributed by atoms with van der Waals surface area (Å²) in [6, 6.07) is 25.3. The van der Waals surface area contributed by atoms with Crippen LogP contribution in [-0.2, 0) is 13.1 Å². The van der Waals surface area contributed by atoms with E-state index < -0.39 is 6.04 Å². The number of benzene rings is 3. The quantitative estimate of drug-likeness (QED) is 0.459. The maximum absolute atomic E-state index is 13.4. The number of aromatic nitrogens is 1. The molecule has 0 saturated heterocycles. The van der Waals surface area contributed by atoms with Crippen LogP contribution >= 0.6 is 11.3 Å². The van der Waals surface area contributed by atoms with Gasteiger partial charge < -0.3 is 5.73 Å². The first-order valence-corrected chi connectivity index (χ1v) is 10.0. The van der Waals surface area contributed by atoms with Crippen molar-refractivity contribution in [2.45, 2.75) is 19.1 Å². The standard InChI is InChI=1S/C23H21N3OS/c24-14-16-10-12-18(13-11-16)21(25-15-17-6-2-1-3-7-17)22(27)23-26-19-8-4-5-9-20(19)28-23/h1-13,21,25H,14-15,24H2. The molecule has 4 nitrogen and oxygen atoms in total. The highest BCUT2D eigenvalue weighted by atomic mass is 32.1. The maximum atomic E-state index is 13.4. The second-order valence-corrected chi connectivity index (χ2v) is 7.63. The van der Waals surface area contributed by atoms with Gasteiger partial charge in [-0.05, 0) is 28.8 Å². The van der Waals surface area contributed by atoms with Gasteiger partial charge in [-0.1, -0.05) is 66.7 Å². The summed E-state index contributed by atoms with van der Waals surface area (Å²) in [7, 11) is 0. The highest BCUT2D eigenvalue weighted by Crippen LogP contribution is 2.27. The molecule has 3 N–H and O–H groups in total. The Morgan fingerprint density at radius 1 is 0.929 bits per heavy atom. The highest BCUT2D eigenvalue weighted by Gasteiger charge is 2.24. The number of nitrogens with zero attached hydrogens (tertiary/aromatic N) is 1. The van der Waals surface area contributed by atoms with Crippen LogP contribution in [0.3, 0.4) is 0 Å². The Bertz CT molecular complexity index is 1040. The van der Waals surface area contributed by atoms with Crippen LogP contribution in [0.15, 0.2) is 78.9 Å². The van der Waals surface area contributed by atoms with Gasteiger partial charge in [-0.3, -0.25) is 10.1 Å². The Labute approximate surface area is 168 Å². The first-order chi connectivity index (χ1) is 13.7. The van der Waals surface area contributed by atoms with E-state index in [1.165, 1.54) is 11.3 Å². The third-order valence-electron chi connectivity index (χ3n) is 4.67. The van der Waals surface area contributed by atoms with E-state index in [-0.39, 0.29) is 5.78 Å². The third kappa shape index (κ3) is 4.02. The number of thiazole rings is 1. The molecule has 0 radical (unpaired) electrons. The number of nitrogens with two attached hydrogens (primary N) is 1. The molecule has 1 atom stereocenters.